The van der Waals surface area contributed by atoms with Gasteiger partial charge in [-0.05, 0) is 35.0 Å². The summed E-state index contributed by atoms with van der Waals surface area (Å²) < 4.78 is 12.5. The highest BCUT2D eigenvalue weighted by Gasteiger charge is 2.51. The number of methoxy groups -OCH3 is 1. The van der Waals surface area contributed by atoms with E-state index in [4.69, 9.17) is 9.16 Å². The highest BCUT2D eigenvalue weighted by molar-refractivity contribution is 6.99. The van der Waals surface area contributed by atoms with E-state index < -0.39 is 8.32 Å². The van der Waals surface area contributed by atoms with Gasteiger partial charge in [0, 0.05) is 26.6 Å². The molecule has 0 saturated carbocycles. The van der Waals surface area contributed by atoms with Crippen LogP contribution in [0, 0.1) is 0 Å². The van der Waals surface area contributed by atoms with Crippen molar-refractivity contribution >= 4 is 24.5 Å². The van der Waals surface area contributed by atoms with Gasteiger partial charge in [-0.2, -0.15) is 0 Å². The van der Waals surface area contributed by atoms with Crippen molar-refractivity contribution in [1.82, 2.24) is 4.90 Å². The Morgan fingerprint density at radius 2 is 1.53 bits per heavy atom. The molecule has 32 heavy (non-hydrogen) atoms. The molecule has 0 N–H and O–H groups in total. The largest absolute Gasteiger partial charge is 0.403 e. The highest BCUT2D eigenvalue weighted by Crippen LogP contribution is 2.38. The zero-order valence-corrected chi connectivity index (χ0v) is 21.6. The number of rotatable bonds is 12. The number of hydrogen-bond donors (Lipinski definition) is 0. The van der Waals surface area contributed by atoms with Crippen molar-refractivity contribution in [2.45, 2.75) is 45.3 Å². The Balaban J connectivity index is 2.58. The van der Waals surface area contributed by atoms with E-state index >= 15 is 0 Å². The minimum Gasteiger partial charge on any atom is -0.403 e. The molecule has 0 fully saturated rings. The number of hydrogen-bond acceptors (Lipinski definition) is 4. The summed E-state index contributed by atoms with van der Waals surface area (Å²) in [6.45, 7) is 14.5. The summed E-state index contributed by atoms with van der Waals surface area (Å²) in [5.41, 5.74) is 0.570. The first-order chi connectivity index (χ1) is 15.1. The van der Waals surface area contributed by atoms with Gasteiger partial charge in [-0.3, -0.25) is 4.79 Å². The summed E-state index contributed by atoms with van der Waals surface area (Å²) in [5.74, 6) is 0.0491. The molecule has 0 bridgehead atoms. The second kappa shape index (κ2) is 11.7. The predicted molar refractivity (Wildman–Crippen MR) is 136 cm³/mol. The number of carbonyl (C=O) groups excluding carboxylic acids is 1. The minimum atomic E-state index is -2.75. The quantitative estimate of drug-likeness (QED) is 0.359. The molecule has 0 saturated heterocycles. The molecular formula is C27H39NO3Si. The Hall–Kier alpha value is -2.05. The Morgan fingerprint density at radius 3 is 1.94 bits per heavy atom. The molecule has 0 unspecified atom stereocenters. The molecule has 2 aromatic carbocycles. The van der Waals surface area contributed by atoms with Gasteiger partial charge in [0.2, 0.25) is 0 Å². The van der Waals surface area contributed by atoms with Crippen LogP contribution in [0.4, 0.5) is 0 Å². The van der Waals surface area contributed by atoms with Gasteiger partial charge in [0.05, 0.1) is 12.7 Å². The Labute approximate surface area is 195 Å². The van der Waals surface area contributed by atoms with Gasteiger partial charge in [0.25, 0.3) is 8.32 Å². The van der Waals surface area contributed by atoms with Gasteiger partial charge in [-0.25, -0.2) is 0 Å². The smallest absolute Gasteiger partial charge is 0.261 e. The van der Waals surface area contributed by atoms with Crippen LogP contribution in [0.25, 0.3) is 0 Å². The van der Waals surface area contributed by atoms with Crippen LogP contribution in [-0.4, -0.2) is 59.0 Å². The molecule has 0 aliphatic rings. The first-order valence-electron chi connectivity index (χ1n) is 11.3. The average molecular weight is 454 g/mol. The Kier molecular flexibility index (Phi) is 9.58. The number of ether oxygens (including phenoxy) is 1. The molecule has 4 nitrogen and oxygen atoms in total. The number of benzene rings is 2. The molecule has 0 aromatic heterocycles. The summed E-state index contributed by atoms with van der Waals surface area (Å²) in [6, 6.07) is 21.1. The van der Waals surface area contributed by atoms with Crippen LogP contribution in [0.15, 0.2) is 72.8 Å². The van der Waals surface area contributed by atoms with Crippen molar-refractivity contribution in [2.24, 2.45) is 0 Å². The van der Waals surface area contributed by atoms with Gasteiger partial charge in [-0.1, -0.05) is 88.0 Å². The molecule has 0 aliphatic heterocycles. The molecule has 2 rings (SSSR count). The van der Waals surface area contributed by atoms with Crippen LogP contribution >= 0.6 is 0 Å². The van der Waals surface area contributed by atoms with E-state index in [9.17, 15) is 4.79 Å². The van der Waals surface area contributed by atoms with Gasteiger partial charge in [0.1, 0.15) is 0 Å². The fourth-order valence-corrected chi connectivity index (χ4v) is 8.82. The minimum absolute atomic E-state index is 0.0491. The second-order valence-electron chi connectivity index (χ2n) is 9.57. The third kappa shape index (κ3) is 6.48. The van der Waals surface area contributed by atoms with Crippen LogP contribution in [0.1, 0.15) is 34.1 Å². The maximum absolute atomic E-state index is 12.8. The number of nitrogens with zero attached hydrogens (tertiary/aromatic N) is 1. The zero-order chi connectivity index (χ0) is 23.8. The van der Waals surface area contributed by atoms with Crippen molar-refractivity contribution in [3.8, 4) is 0 Å². The maximum atomic E-state index is 12.8. The predicted octanol–water partition coefficient (Wildman–Crippen LogP) is 4.05. The average Bonchev–Trinajstić information content (AvgIpc) is 2.76. The van der Waals surface area contributed by atoms with E-state index in [1.54, 1.807) is 14.0 Å². The Morgan fingerprint density at radius 1 is 1.03 bits per heavy atom. The van der Waals surface area contributed by atoms with Crippen LogP contribution in [0.5, 0.6) is 0 Å². The summed E-state index contributed by atoms with van der Waals surface area (Å²) >= 11 is 0. The maximum Gasteiger partial charge on any atom is 0.261 e. The standard InChI is InChI=1S/C27H39NO3Si/c1-22(2)26(29)20-23(21-28(6)18-19-30-7)31-32(27(3,4)5,24-14-10-8-11-15-24)25-16-12-9-13-17-25/h8-17,23H,1,18-21H2,2-7H3/t23-/m1/s1. The lowest BCUT2D eigenvalue weighted by molar-refractivity contribution is -0.117. The number of ketones is 1. The molecule has 174 valence electrons. The van der Waals surface area contributed by atoms with Crippen LogP contribution in [0.2, 0.25) is 5.04 Å². The monoisotopic (exact) mass is 453 g/mol. The molecule has 1 atom stereocenters. The van der Waals surface area contributed by atoms with Crippen molar-refractivity contribution < 1.29 is 14.0 Å². The lowest BCUT2D eigenvalue weighted by atomic mass is 10.1. The SMILES string of the molecule is C=C(C)C(=O)C[C@H](CN(C)CCOC)O[Si](c1ccccc1)(c1ccccc1)C(C)(C)C. The van der Waals surface area contributed by atoms with Crippen molar-refractivity contribution in [2.75, 3.05) is 33.9 Å². The summed E-state index contributed by atoms with van der Waals surface area (Å²) in [6.07, 6.45) is 0.0595. The third-order valence-electron chi connectivity index (χ3n) is 5.84. The number of allylic oxidation sites excluding steroid dienone is 1. The molecule has 5 heteroatoms. The lowest BCUT2D eigenvalue weighted by Gasteiger charge is -2.45. The molecular weight excluding hydrogens is 414 g/mol. The van der Waals surface area contributed by atoms with Gasteiger partial charge >= 0.3 is 0 Å². The lowest BCUT2D eigenvalue weighted by Crippen LogP contribution is -2.68. The van der Waals surface area contributed by atoms with E-state index in [0.29, 0.717) is 25.1 Å². The summed E-state index contributed by atoms with van der Waals surface area (Å²) in [4.78, 5) is 14.9. The van der Waals surface area contributed by atoms with Crippen molar-refractivity contribution in [3.63, 3.8) is 0 Å². The molecule has 0 amide bonds. The molecule has 0 aliphatic carbocycles. The van der Waals surface area contributed by atoms with E-state index in [0.717, 1.165) is 6.54 Å². The molecule has 0 heterocycles. The van der Waals surface area contributed by atoms with E-state index in [1.165, 1.54) is 10.4 Å². The normalized spacial score (nSPS) is 13.2. The van der Waals surface area contributed by atoms with Gasteiger partial charge in [-0.15, -0.1) is 0 Å². The highest BCUT2D eigenvalue weighted by atomic mass is 28.4. The first kappa shape index (κ1) is 26.2. The molecule has 2 aromatic rings. The van der Waals surface area contributed by atoms with Crippen LogP contribution in [0.3, 0.4) is 0 Å². The number of carbonyl (C=O) groups is 1. The van der Waals surface area contributed by atoms with Gasteiger partial charge < -0.3 is 14.1 Å². The van der Waals surface area contributed by atoms with Crippen LogP contribution < -0.4 is 10.4 Å². The van der Waals surface area contributed by atoms with E-state index in [-0.39, 0.29) is 16.9 Å². The second-order valence-corrected chi connectivity index (χ2v) is 13.8. The number of Topliss-reactive ketones (excluding diaryl/α,β-unsaturated/α-hetero) is 1. The summed E-state index contributed by atoms with van der Waals surface area (Å²) in [7, 11) is 0.999. The van der Waals surface area contributed by atoms with E-state index in [2.05, 4.69) is 80.8 Å². The molecule has 0 radical (unpaired) electrons. The zero-order valence-electron chi connectivity index (χ0n) is 20.6. The van der Waals surface area contributed by atoms with Crippen molar-refractivity contribution in [3.05, 3.63) is 72.8 Å². The Bertz CT molecular complexity index is 822. The summed E-state index contributed by atoms with van der Waals surface area (Å²) in [5, 5.41) is 2.28. The topological polar surface area (TPSA) is 38.8 Å². The van der Waals surface area contributed by atoms with Crippen molar-refractivity contribution in [1.29, 1.82) is 0 Å². The fourth-order valence-electron chi connectivity index (χ4n) is 4.15. The van der Waals surface area contributed by atoms with Gasteiger partial charge in [0.15, 0.2) is 5.78 Å². The van der Waals surface area contributed by atoms with E-state index in [1.807, 2.05) is 19.2 Å². The first-order valence-corrected chi connectivity index (χ1v) is 13.2. The fraction of sp³-hybridized carbons (Fsp3) is 0.444. The van der Waals surface area contributed by atoms with Crippen LogP contribution in [-0.2, 0) is 14.0 Å². The molecule has 0 spiro atoms. The third-order valence-corrected chi connectivity index (χ3v) is 10.9. The number of likely N-dealkylation sites (N-methyl/N-ethyl adjacent to an activating group) is 1.